The highest BCUT2D eigenvalue weighted by Crippen LogP contribution is 1.69. The predicted molar refractivity (Wildman–Crippen MR) is 46.4 cm³/mol. The highest BCUT2D eigenvalue weighted by atomic mass is 16.2. The quantitative estimate of drug-likeness (QED) is 0.358. The number of carbonyl (C=O) groups excluding carboxylic acids is 2. The summed E-state index contributed by atoms with van der Waals surface area (Å²) in [5.74, 6) is 0. The van der Waals surface area contributed by atoms with Crippen LogP contribution in [0.15, 0.2) is 13.2 Å². The van der Waals surface area contributed by atoms with E-state index in [1.807, 2.05) is 0 Å². The highest BCUT2D eigenvalue weighted by molar-refractivity contribution is 5.75. The average molecular weight is 174 g/mol. The Bertz CT molecular complexity index is 136. The first-order chi connectivity index (χ1) is 5.63. The summed E-state index contributed by atoms with van der Waals surface area (Å²) >= 11 is 0. The first-order valence-electron chi connectivity index (χ1n) is 3.19. The molecule has 0 saturated carbocycles. The fourth-order valence-electron chi connectivity index (χ4n) is 0.415. The van der Waals surface area contributed by atoms with Crippen LogP contribution in [0.1, 0.15) is 0 Å². The molecule has 0 aromatic rings. The van der Waals surface area contributed by atoms with E-state index in [4.69, 9.17) is 4.79 Å². The maximum absolute atomic E-state index is 10.0. The van der Waals surface area contributed by atoms with Gasteiger partial charge in [0.05, 0.1) is 0 Å². The predicted octanol–water partition coefficient (Wildman–Crippen LogP) is -0.875. The van der Waals surface area contributed by atoms with Crippen LogP contribution in [0.4, 0.5) is 9.59 Å². The molecule has 0 unspecified atom stereocenters. The average Bonchev–Trinajstić information content (AvgIpc) is 2.43. The van der Waals surface area contributed by atoms with Gasteiger partial charge in [0.1, 0.15) is 0 Å². The summed E-state index contributed by atoms with van der Waals surface area (Å²) in [6, 6.07) is -0.880. The van der Waals surface area contributed by atoms with E-state index in [0.29, 0.717) is 0 Å². The van der Waals surface area contributed by atoms with Gasteiger partial charge in [-0.05, 0) is 0 Å². The van der Waals surface area contributed by atoms with Crippen molar-refractivity contribution in [1.29, 1.82) is 0 Å². The van der Waals surface area contributed by atoms with E-state index in [2.05, 4.69) is 35.3 Å². The number of carbonyl (C=O) groups is 2. The minimum absolute atomic E-state index is 0.0463. The molecule has 1 fully saturated rings. The minimum Gasteiger partial charge on any atom is -0.352 e. The van der Waals surface area contributed by atoms with Crippen LogP contribution in [0.3, 0.4) is 0 Å². The van der Waals surface area contributed by atoms with E-state index < -0.39 is 6.03 Å². The van der Waals surface area contributed by atoms with Gasteiger partial charge in [-0.3, -0.25) is 0 Å². The number of urea groups is 2. The molecule has 6 heteroatoms. The third kappa shape index (κ3) is 15.7. The topological polar surface area (TPSA) is 110 Å². The summed E-state index contributed by atoms with van der Waals surface area (Å²) in [6.07, 6.45) is 0. The number of nitrogens with one attached hydrogen (secondary N) is 2. The molecule has 1 aliphatic heterocycles. The second-order valence-corrected chi connectivity index (χ2v) is 1.59. The molecule has 0 aromatic carbocycles. The molecule has 1 heterocycles. The highest BCUT2D eigenvalue weighted by Gasteiger charge is 2.02. The molecule has 1 rings (SSSR count). The Morgan fingerprint density at radius 2 is 1.50 bits per heavy atom. The van der Waals surface area contributed by atoms with Crippen molar-refractivity contribution in [2.45, 2.75) is 0 Å². The third-order valence-corrected chi connectivity index (χ3v) is 0.696. The molecule has 0 aliphatic carbocycles. The number of nitrogens with two attached hydrogens (primary N) is 2. The number of amides is 4. The number of hydrogen-bond acceptors (Lipinski definition) is 2. The molecule has 4 amide bonds. The van der Waals surface area contributed by atoms with Gasteiger partial charge in [-0.1, -0.05) is 0 Å². The zero-order valence-corrected chi connectivity index (χ0v) is 6.80. The Balaban J connectivity index is 0. The van der Waals surface area contributed by atoms with Crippen molar-refractivity contribution in [1.82, 2.24) is 10.6 Å². The van der Waals surface area contributed by atoms with Gasteiger partial charge in [0.2, 0.25) is 0 Å². The van der Waals surface area contributed by atoms with Crippen molar-refractivity contribution in [2.75, 3.05) is 13.1 Å². The molecule has 1 saturated heterocycles. The van der Waals surface area contributed by atoms with Crippen molar-refractivity contribution < 1.29 is 9.59 Å². The van der Waals surface area contributed by atoms with E-state index in [9.17, 15) is 4.79 Å². The van der Waals surface area contributed by atoms with Crippen LogP contribution in [0, 0.1) is 0 Å². The summed E-state index contributed by atoms with van der Waals surface area (Å²) in [5, 5.41) is 5.14. The molecule has 1 aliphatic rings. The molecular weight excluding hydrogens is 160 g/mol. The maximum atomic E-state index is 10.0. The maximum Gasteiger partial charge on any atom is 0.314 e. The minimum atomic E-state index is -0.833. The number of primary amides is 2. The van der Waals surface area contributed by atoms with Crippen LogP contribution in [0.2, 0.25) is 0 Å². The standard InChI is InChI=1S/C3H6N2O.C2H4.CH4N2O/c6-3-4-1-2-5-3;1-2;2-1(3)4/h1-2H2,(H2,4,5,6);1-2H2;(H4,2,3,4). The van der Waals surface area contributed by atoms with Crippen LogP contribution >= 0.6 is 0 Å². The first kappa shape index (κ1) is 12.9. The van der Waals surface area contributed by atoms with Gasteiger partial charge >= 0.3 is 12.1 Å². The zero-order valence-electron chi connectivity index (χ0n) is 6.80. The Hall–Kier alpha value is -1.72. The Morgan fingerprint density at radius 3 is 1.58 bits per heavy atom. The molecule has 6 nitrogen and oxygen atoms in total. The summed E-state index contributed by atoms with van der Waals surface area (Å²) in [5.41, 5.74) is 8.50. The van der Waals surface area contributed by atoms with Gasteiger partial charge < -0.3 is 22.1 Å². The second kappa shape index (κ2) is 9.28. The molecule has 6 N–H and O–H groups in total. The number of hydrogen-bond donors (Lipinski definition) is 4. The molecule has 70 valence electrons. The Labute approximate surface area is 71.0 Å². The van der Waals surface area contributed by atoms with Crippen molar-refractivity contribution >= 4 is 12.1 Å². The molecular formula is C6H14N4O2. The largest absolute Gasteiger partial charge is 0.352 e. The lowest BCUT2D eigenvalue weighted by Gasteiger charge is -1.80. The lowest BCUT2D eigenvalue weighted by atomic mass is 10.7. The van der Waals surface area contributed by atoms with E-state index in [-0.39, 0.29) is 6.03 Å². The second-order valence-electron chi connectivity index (χ2n) is 1.59. The van der Waals surface area contributed by atoms with Crippen LogP contribution < -0.4 is 22.1 Å². The van der Waals surface area contributed by atoms with Crippen LogP contribution in [0.5, 0.6) is 0 Å². The Kier molecular flexibility index (Phi) is 9.99. The Morgan fingerprint density at radius 1 is 1.25 bits per heavy atom. The SMILES string of the molecule is C=C.NC(N)=O.O=C1NCCN1. The van der Waals surface area contributed by atoms with Crippen molar-refractivity contribution in [3.63, 3.8) is 0 Å². The van der Waals surface area contributed by atoms with Gasteiger partial charge in [-0.2, -0.15) is 0 Å². The summed E-state index contributed by atoms with van der Waals surface area (Å²) < 4.78 is 0. The first-order valence-corrected chi connectivity index (χ1v) is 3.19. The molecule has 0 aromatic heterocycles. The van der Waals surface area contributed by atoms with Gasteiger partial charge in [0, 0.05) is 13.1 Å². The molecule has 0 spiro atoms. The third-order valence-electron chi connectivity index (χ3n) is 0.696. The van der Waals surface area contributed by atoms with Crippen LogP contribution in [-0.2, 0) is 0 Å². The molecule has 0 bridgehead atoms. The summed E-state index contributed by atoms with van der Waals surface area (Å²) in [4.78, 5) is 19.0. The lowest BCUT2D eigenvalue weighted by molar-refractivity contribution is 0.248. The van der Waals surface area contributed by atoms with Gasteiger partial charge in [0.25, 0.3) is 0 Å². The van der Waals surface area contributed by atoms with E-state index in [0.717, 1.165) is 13.1 Å². The fraction of sp³-hybridized carbons (Fsp3) is 0.333. The van der Waals surface area contributed by atoms with Crippen LogP contribution in [0.25, 0.3) is 0 Å². The molecule has 0 radical (unpaired) electrons. The van der Waals surface area contributed by atoms with Crippen molar-refractivity contribution in [3.8, 4) is 0 Å². The summed E-state index contributed by atoms with van der Waals surface area (Å²) in [6.45, 7) is 7.55. The zero-order chi connectivity index (χ0) is 9.98. The molecule has 0 atom stereocenters. The smallest absolute Gasteiger partial charge is 0.314 e. The number of rotatable bonds is 0. The van der Waals surface area contributed by atoms with Crippen molar-refractivity contribution in [3.05, 3.63) is 13.2 Å². The van der Waals surface area contributed by atoms with Gasteiger partial charge in [-0.15, -0.1) is 13.2 Å². The van der Waals surface area contributed by atoms with E-state index >= 15 is 0 Å². The normalized spacial score (nSPS) is 12.2. The monoisotopic (exact) mass is 174 g/mol. The van der Waals surface area contributed by atoms with Gasteiger partial charge in [0.15, 0.2) is 0 Å². The van der Waals surface area contributed by atoms with Gasteiger partial charge in [-0.25, -0.2) is 9.59 Å². The molecule has 12 heavy (non-hydrogen) atoms. The fourth-order valence-corrected chi connectivity index (χ4v) is 0.415. The van der Waals surface area contributed by atoms with Crippen molar-refractivity contribution in [2.24, 2.45) is 11.5 Å². The van der Waals surface area contributed by atoms with E-state index in [1.54, 1.807) is 0 Å². The summed E-state index contributed by atoms with van der Waals surface area (Å²) in [7, 11) is 0. The lowest BCUT2D eigenvalue weighted by Crippen LogP contribution is -2.20. The van der Waals surface area contributed by atoms with E-state index in [1.165, 1.54) is 0 Å². The van der Waals surface area contributed by atoms with Crippen LogP contribution in [-0.4, -0.2) is 25.2 Å².